The van der Waals surface area contributed by atoms with Gasteiger partial charge >= 0.3 is 12.1 Å². The summed E-state index contributed by atoms with van der Waals surface area (Å²) in [7, 11) is 0. The Hall–Kier alpha value is -1.75. The van der Waals surface area contributed by atoms with Crippen LogP contribution in [0.5, 0.6) is 0 Å². The highest BCUT2D eigenvalue weighted by molar-refractivity contribution is 6.30. The van der Waals surface area contributed by atoms with Crippen LogP contribution in [0.25, 0.3) is 0 Å². The lowest BCUT2D eigenvalue weighted by Crippen LogP contribution is -2.39. The molecular weight excluding hydrogens is 368 g/mol. The van der Waals surface area contributed by atoms with Crippen LogP contribution < -0.4 is 0 Å². The Morgan fingerprint density at radius 1 is 1.00 bits per heavy atom. The molecule has 0 spiro atoms. The highest BCUT2D eigenvalue weighted by Gasteiger charge is 2.37. The van der Waals surface area contributed by atoms with Crippen LogP contribution >= 0.6 is 11.6 Å². The van der Waals surface area contributed by atoms with E-state index in [0.717, 1.165) is 12.8 Å². The lowest BCUT2D eigenvalue weighted by molar-refractivity contribution is -0.0373. The monoisotopic (exact) mass is 398 g/mol. The normalized spacial score (nSPS) is 13.3. The summed E-state index contributed by atoms with van der Waals surface area (Å²) in [6.07, 6.45) is 1.01. The smallest absolute Gasteiger partial charge is 0.461 e. The molecule has 152 valence electrons. The molecule has 0 radical (unpaired) electrons. The molecule has 0 aromatic heterocycles. The second-order valence-corrected chi connectivity index (χ2v) is 7.94. The van der Waals surface area contributed by atoms with Crippen molar-refractivity contribution in [3.63, 3.8) is 0 Å². The first-order valence-corrected chi connectivity index (χ1v) is 9.80. The van der Waals surface area contributed by atoms with Crippen LogP contribution in [0.4, 0.5) is 4.79 Å². The van der Waals surface area contributed by atoms with Crippen LogP contribution in [0, 0.1) is 17.3 Å². The van der Waals surface area contributed by atoms with Gasteiger partial charge < -0.3 is 14.2 Å². The number of rotatable bonds is 10. The van der Waals surface area contributed by atoms with Gasteiger partial charge in [0.1, 0.15) is 13.2 Å². The summed E-state index contributed by atoms with van der Waals surface area (Å²) >= 11 is 5.86. The van der Waals surface area contributed by atoms with Gasteiger partial charge in [-0.05, 0) is 49.4 Å². The summed E-state index contributed by atoms with van der Waals surface area (Å²) in [5, 5.41) is 0.558. The maximum absolute atomic E-state index is 12.4. The van der Waals surface area contributed by atoms with Gasteiger partial charge in [-0.3, -0.25) is 0 Å². The molecule has 5 nitrogen and oxygen atoms in total. The molecule has 0 heterocycles. The van der Waals surface area contributed by atoms with Gasteiger partial charge in [0.05, 0.1) is 12.2 Å². The minimum Gasteiger partial charge on any atom is -0.461 e. The largest absolute Gasteiger partial charge is 0.508 e. The first kappa shape index (κ1) is 23.3. The number of benzene rings is 1. The maximum atomic E-state index is 12.4. The van der Waals surface area contributed by atoms with Gasteiger partial charge in [0.15, 0.2) is 0 Å². The number of ether oxygens (including phenoxy) is 3. The molecule has 0 fully saturated rings. The third-order valence-corrected chi connectivity index (χ3v) is 5.01. The van der Waals surface area contributed by atoms with Crippen LogP contribution in [0.3, 0.4) is 0 Å². The molecule has 0 saturated carbocycles. The van der Waals surface area contributed by atoms with Crippen LogP contribution in [0.15, 0.2) is 24.3 Å². The van der Waals surface area contributed by atoms with Crippen LogP contribution in [-0.4, -0.2) is 31.9 Å². The summed E-state index contributed by atoms with van der Waals surface area (Å²) in [5.41, 5.74) is -0.0359. The Bertz CT molecular complexity index is 597. The average Bonchev–Trinajstić information content (AvgIpc) is 2.61. The molecule has 1 rings (SSSR count). The van der Waals surface area contributed by atoms with Crippen molar-refractivity contribution in [3.8, 4) is 0 Å². The van der Waals surface area contributed by atoms with Crippen molar-refractivity contribution in [3.05, 3.63) is 34.9 Å². The summed E-state index contributed by atoms with van der Waals surface area (Å²) in [4.78, 5) is 24.1. The van der Waals surface area contributed by atoms with E-state index < -0.39 is 17.5 Å². The minimum atomic E-state index is -0.698. The Labute approximate surface area is 167 Å². The molecule has 1 aromatic carbocycles. The lowest BCUT2D eigenvalue weighted by atomic mass is 9.74. The Morgan fingerprint density at radius 3 is 2.11 bits per heavy atom. The summed E-state index contributed by atoms with van der Waals surface area (Å²) in [6, 6.07) is 6.56. The van der Waals surface area contributed by atoms with Gasteiger partial charge in [-0.1, -0.05) is 45.7 Å². The van der Waals surface area contributed by atoms with Gasteiger partial charge in [-0.25, -0.2) is 9.59 Å². The fourth-order valence-electron chi connectivity index (χ4n) is 2.62. The zero-order chi connectivity index (χ0) is 20.4. The Balaban J connectivity index is 2.88. The van der Waals surface area contributed by atoms with Gasteiger partial charge in [-0.2, -0.15) is 0 Å². The molecule has 0 bridgehead atoms. The van der Waals surface area contributed by atoms with Crippen molar-refractivity contribution in [2.75, 3.05) is 19.8 Å². The molecule has 0 aliphatic carbocycles. The van der Waals surface area contributed by atoms with Gasteiger partial charge in [0, 0.05) is 10.4 Å². The second-order valence-electron chi connectivity index (χ2n) is 7.50. The fourth-order valence-corrected chi connectivity index (χ4v) is 2.75. The standard InChI is InChI=1S/C21H31ClO5/c1-6-25-20(24)27-14-21(16(4)5,12-11-15(2)3)13-26-19(23)17-7-9-18(22)10-8-17/h7-10,15-16H,6,11-14H2,1-5H3. The van der Waals surface area contributed by atoms with Crippen molar-refractivity contribution < 1.29 is 23.8 Å². The fraction of sp³-hybridized carbons (Fsp3) is 0.619. The zero-order valence-electron chi connectivity index (χ0n) is 16.9. The van der Waals surface area contributed by atoms with Crippen molar-refractivity contribution in [2.24, 2.45) is 17.3 Å². The third-order valence-electron chi connectivity index (χ3n) is 4.75. The van der Waals surface area contributed by atoms with Crippen LogP contribution in [-0.2, 0) is 14.2 Å². The summed E-state index contributed by atoms with van der Waals surface area (Å²) in [6.45, 7) is 10.7. The minimum absolute atomic E-state index is 0.142. The highest BCUT2D eigenvalue weighted by atomic mass is 35.5. The molecule has 1 unspecified atom stereocenters. The van der Waals surface area contributed by atoms with E-state index in [4.69, 9.17) is 25.8 Å². The number of hydrogen-bond acceptors (Lipinski definition) is 5. The molecule has 0 aliphatic rings. The number of hydrogen-bond donors (Lipinski definition) is 0. The number of esters is 1. The van der Waals surface area contributed by atoms with E-state index in [-0.39, 0.29) is 25.7 Å². The van der Waals surface area contributed by atoms with Crippen LogP contribution in [0.1, 0.15) is 57.8 Å². The maximum Gasteiger partial charge on any atom is 0.508 e. The lowest BCUT2D eigenvalue weighted by Gasteiger charge is -2.37. The van der Waals surface area contributed by atoms with Crippen LogP contribution in [0.2, 0.25) is 5.02 Å². The molecule has 1 atom stereocenters. The predicted molar refractivity (Wildman–Crippen MR) is 106 cm³/mol. The third kappa shape index (κ3) is 7.79. The second kappa shape index (κ2) is 11.2. The van der Waals surface area contributed by atoms with Crippen molar-refractivity contribution in [1.29, 1.82) is 0 Å². The number of carbonyl (C=O) groups excluding carboxylic acids is 2. The SMILES string of the molecule is CCOC(=O)OCC(CCC(C)C)(COC(=O)c1ccc(Cl)cc1)C(C)C. The molecule has 6 heteroatoms. The van der Waals surface area contributed by atoms with Gasteiger partial charge in [0.2, 0.25) is 0 Å². The molecule has 0 saturated heterocycles. The zero-order valence-corrected chi connectivity index (χ0v) is 17.7. The quantitative estimate of drug-likeness (QED) is 0.469. The molecule has 27 heavy (non-hydrogen) atoms. The van der Waals surface area contributed by atoms with E-state index in [1.807, 2.05) is 13.8 Å². The van der Waals surface area contributed by atoms with E-state index in [1.165, 1.54) is 0 Å². The first-order valence-electron chi connectivity index (χ1n) is 9.42. The summed E-state index contributed by atoms with van der Waals surface area (Å²) in [5.74, 6) is 0.207. The first-order chi connectivity index (χ1) is 12.7. The topological polar surface area (TPSA) is 61.8 Å². The highest BCUT2D eigenvalue weighted by Crippen LogP contribution is 2.35. The molecule has 0 N–H and O–H groups in total. The number of carbonyl (C=O) groups is 2. The summed E-state index contributed by atoms with van der Waals surface area (Å²) < 4.78 is 15.8. The molecule has 0 amide bonds. The van der Waals surface area contributed by atoms with Gasteiger partial charge in [0.25, 0.3) is 0 Å². The number of halogens is 1. The van der Waals surface area contributed by atoms with Crippen molar-refractivity contribution in [2.45, 2.75) is 47.5 Å². The van der Waals surface area contributed by atoms with Gasteiger partial charge in [-0.15, -0.1) is 0 Å². The van der Waals surface area contributed by atoms with E-state index in [9.17, 15) is 9.59 Å². The molecular formula is C21H31ClO5. The Kier molecular flexibility index (Phi) is 9.64. The van der Waals surface area contributed by atoms with E-state index in [2.05, 4.69) is 13.8 Å². The predicted octanol–water partition coefficient (Wildman–Crippen LogP) is 5.75. The molecule has 1 aromatic rings. The van der Waals surface area contributed by atoms with Crippen molar-refractivity contribution >= 4 is 23.7 Å². The van der Waals surface area contributed by atoms with E-state index in [1.54, 1.807) is 31.2 Å². The van der Waals surface area contributed by atoms with E-state index >= 15 is 0 Å². The van der Waals surface area contributed by atoms with Crippen molar-refractivity contribution in [1.82, 2.24) is 0 Å². The Morgan fingerprint density at radius 2 is 1.59 bits per heavy atom. The molecule has 0 aliphatic heterocycles. The van der Waals surface area contributed by atoms with E-state index in [0.29, 0.717) is 16.5 Å². The average molecular weight is 399 g/mol.